The van der Waals surface area contributed by atoms with Gasteiger partial charge in [0.1, 0.15) is 9.71 Å². The van der Waals surface area contributed by atoms with E-state index in [1.54, 1.807) is 24.3 Å². The van der Waals surface area contributed by atoms with E-state index < -0.39 is 5.97 Å². The van der Waals surface area contributed by atoms with Crippen molar-refractivity contribution in [2.45, 2.75) is 26.3 Å². The van der Waals surface area contributed by atoms with E-state index in [4.69, 9.17) is 9.72 Å². The molecule has 1 unspecified atom stereocenters. The smallest absolute Gasteiger partial charge is 0.350 e. The highest BCUT2D eigenvalue weighted by Gasteiger charge is 2.23. The number of ether oxygens (including phenoxy) is 1. The van der Waals surface area contributed by atoms with Crippen LogP contribution in [-0.4, -0.2) is 42.0 Å². The standard InChI is InChI=1S/C23H25N3O3S/c1-15-7-6-12-26(13-15)14-17-10-11-18-19(20(23(28)29-2)30-22(18)24-17)25-21(27)16-8-4-3-5-9-16/h3-5,8-11,15H,6-7,12-14H2,1-2H3,(H,25,27). The summed E-state index contributed by atoms with van der Waals surface area (Å²) in [6.07, 6.45) is 2.49. The van der Waals surface area contributed by atoms with Crippen molar-refractivity contribution >= 4 is 39.1 Å². The number of amides is 1. The van der Waals surface area contributed by atoms with E-state index in [1.807, 2.05) is 18.2 Å². The number of carbonyl (C=O) groups is 2. The van der Waals surface area contributed by atoms with Crippen LogP contribution < -0.4 is 5.32 Å². The number of aromatic nitrogens is 1. The third kappa shape index (κ3) is 4.37. The molecule has 6 nitrogen and oxygen atoms in total. The number of fused-ring (bicyclic) bond motifs is 1. The monoisotopic (exact) mass is 423 g/mol. The molecular formula is C23H25N3O3S. The van der Waals surface area contributed by atoms with Crippen LogP contribution in [0.5, 0.6) is 0 Å². The maximum Gasteiger partial charge on any atom is 0.350 e. The lowest BCUT2D eigenvalue weighted by Crippen LogP contribution is -2.33. The Morgan fingerprint density at radius 2 is 2.03 bits per heavy atom. The number of pyridine rings is 1. The molecule has 0 spiro atoms. The second-order valence-electron chi connectivity index (χ2n) is 7.76. The predicted octanol–water partition coefficient (Wildman–Crippen LogP) is 4.57. The van der Waals surface area contributed by atoms with Gasteiger partial charge in [0.2, 0.25) is 0 Å². The first-order valence-electron chi connectivity index (χ1n) is 10.1. The van der Waals surface area contributed by atoms with Gasteiger partial charge in [0.25, 0.3) is 5.91 Å². The molecule has 1 aromatic carbocycles. The zero-order chi connectivity index (χ0) is 21.1. The SMILES string of the molecule is COC(=O)c1sc2nc(CN3CCCC(C)C3)ccc2c1NC(=O)c1ccccc1. The highest BCUT2D eigenvalue weighted by Crippen LogP contribution is 2.36. The Bertz CT molecular complexity index is 1060. The van der Waals surface area contributed by atoms with Gasteiger partial charge >= 0.3 is 5.97 Å². The molecule has 0 saturated carbocycles. The van der Waals surface area contributed by atoms with Crippen LogP contribution in [0.3, 0.4) is 0 Å². The van der Waals surface area contributed by atoms with Crippen LogP contribution in [0, 0.1) is 5.92 Å². The maximum absolute atomic E-state index is 12.7. The van der Waals surface area contributed by atoms with Crippen molar-refractivity contribution in [1.29, 1.82) is 0 Å². The number of hydrogen-bond acceptors (Lipinski definition) is 6. The molecule has 1 aliphatic rings. The summed E-state index contributed by atoms with van der Waals surface area (Å²) in [6.45, 7) is 5.24. The Morgan fingerprint density at radius 3 is 2.77 bits per heavy atom. The van der Waals surface area contributed by atoms with E-state index in [2.05, 4.69) is 17.1 Å². The largest absolute Gasteiger partial charge is 0.465 e. The summed E-state index contributed by atoms with van der Waals surface area (Å²) in [7, 11) is 1.34. The zero-order valence-corrected chi connectivity index (χ0v) is 18.0. The Hall–Kier alpha value is -2.77. The maximum atomic E-state index is 12.7. The molecule has 1 aliphatic heterocycles. The van der Waals surface area contributed by atoms with E-state index in [0.717, 1.165) is 35.5 Å². The van der Waals surface area contributed by atoms with Crippen molar-refractivity contribution in [3.63, 3.8) is 0 Å². The Kier molecular flexibility index (Phi) is 6.11. The third-order valence-electron chi connectivity index (χ3n) is 5.39. The number of rotatable bonds is 5. The van der Waals surface area contributed by atoms with Crippen molar-refractivity contribution < 1.29 is 14.3 Å². The predicted molar refractivity (Wildman–Crippen MR) is 119 cm³/mol. The first-order chi connectivity index (χ1) is 14.5. The molecule has 4 rings (SSSR count). The Balaban J connectivity index is 1.64. The van der Waals surface area contributed by atoms with Gasteiger partial charge in [-0.25, -0.2) is 9.78 Å². The molecule has 7 heteroatoms. The van der Waals surface area contributed by atoms with E-state index in [1.165, 1.54) is 31.3 Å². The topological polar surface area (TPSA) is 71.5 Å². The average molecular weight is 424 g/mol. The van der Waals surface area contributed by atoms with Gasteiger partial charge in [-0.3, -0.25) is 9.69 Å². The van der Waals surface area contributed by atoms with Gasteiger partial charge in [-0.1, -0.05) is 25.1 Å². The van der Waals surface area contributed by atoms with Crippen LogP contribution in [0.15, 0.2) is 42.5 Å². The molecule has 3 heterocycles. The van der Waals surface area contributed by atoms with Crippen LogP contribution in [0.25, 0.3) is 10.2 Å². The van der Waals surface area contributed by atoms with Gasteiger partial charge in [0.15, 0.2) is 0 Å². The van der Waals surface area contributed by atoms with Crippen LogP contribution >= 0.6 is 11.3 Å². The number of esters is 1. The molecule has 1 N–H and O–H groups in total. The van der Waals surface area contributed by atoms with Crippen LogP contribution in [0.1, 0.15) is 45.5 Å². The Labute approximate surface area is 179 Å². The molecule has 0 radical (unpaired) electrons. The summed E-state index contributed by atoms with van der Waals surface area (Å²) in [5, 5.41) is 3.64. The van der Waals surface area contributed by atoms with Gasteiger partial charge in [0.05, 0.1) is 18.5 Å². The molecule has 1 amide bonds. The van der Waals surface area contributed by atoms with Gasteiger partial charge in [-0.05, 0) is 49.6 Å². The molecule has 2 aromatic heterocycles. The lowest BCUT2D eigenvalue weighted by molar-refractivity contribution is 0.0607. The minimum Gasteiger partial charge on any atom is -0.465 e. The average Bonchev–Trinajstić information content (AvgIpc) is 3.11. The van der Waals surface area contributed by atoms with Gasteiger partial charge in [-0.15, -0.1) is 11.3 Å². The summed E-state index contributed by atoms with van der Waals surface area (Å²) in [5.41, 5.74) is 1.95. The molecule has 0 aliphatic carbocycles. The quantitative estimate of drug-likeness (QED) is 0.609. The molecular weight excluding hydrogens is 398 g/mol. The molecule has 0 bridgehead atoms. The first-order valence-corrected chi connectivity index (χ1v) is 11.0. The summed E-state index contributed by atoms with van der Waals surface area (Å²) in [6, 6.07) is 12.8. The molecule has 1 atom stereocenters. The van der Waals surface area contributed by atoms with Gasteiger partial charge in [0, 0.05) is 24.0 Å². The number of hydrogen-bond donors (Lipinski definition) is 1. The molecule has 1 fully saturated rings. The zero-order valence-electron chi connectivity index (χ0n) is 17.2. The van der Waals surface area contributed by atoms with E-state index >= 15 is 0 Å². The molecule has 30 heavy (non-hydrogen) atoms. The van der Waals surface area contributed by atoms with Crippen molar-refractivity contribution in [1.82, 2.24) is 9.88 Å². The van der Waals surface area contributed by atoms with E-state index in [-0.39, 0.29) is 5.91 Å². The second-order valence-corrected chi connectivity index (χ2v) is 8.75. The van der Waals surface area contributed by atoms with Crippen molar-refractivity contribution in [3.05, 3.63) is 58.6 Å². The number of nitrogens with one attached hydrogen (secondary N) is 1. The summed E-state index contributed by atoms with van der Waals surface area (Å²) in [4.78, 5) is 33.3. The first kappa shape index (κ1) is 20.5. The number of nitrogens with zero attached hydrogens (tertiary/aromatic N) is 2. The minimum absolute atomic E-state index is 0.271. The fraction of sp³-hybridized carbons (Fsp3) is 0.348. The Morgan fingerprint density at radius 1 is 1.23 bits per heavy atom. The molecule has 156 valence electrons. The van der Waals surface area contributed by atoms with Crippen molar-refractivity contribution in [3.8, 4) is 0 Å². The lowest BCUT2D eigenvalue weighted by Gasteiger charge is -2.30. The van der Waals surface area contributed by atoms with Crippen molar-refractivity contribution in [2.24, 2.45) is 5.92 Å². The van der Waals surface area contributed by atoms with E-state index in [0.29, 0.717) is 22.0 Å². The molecule has 1 saturated heterocycles. The number of likely N-dealkylation sites (tertiary alicyclic amines) is 1. The number of piperidine rings is 1. The summed E-state index contributed by atoms with van der Waals surface area (Å²) < 4.78 is 4.94. The van der Waals surface area contributed by atoms with Crippen LogP contribution in [-0.2, 0) is 11.3 Å². The normalized spacial score (nSPS) is 17.1. The number of anilines is 1. The fourth-order valence-corrected chi connectivity index (χ4v) is 4.97. The van der Waals surface area contributed by atoms with Gasteiger partial charge in [-0.2, -0.15) is 0 Å². The number of benzene rings is 1. The summed E-state index contributed by atoms with van der Waals surface area (Å²) in [5.74, 6) is -0.0467. The lowest BCUT2D eigenvalue weighted by atomic mass is 10.0. The number of thiophene rings is 1. The van der Waals surface area contributed by atoms with Gasteiger partial charge < -0.3 is 10.1 Å². The molecule has 3 aromatic rings. The van der Waals surface area contributed by atoms with E-state index in [9.17, 15) is 9.59 Å². The van der Waals surface area contributed by atoms with Crippen LogP contribution in [0.2, 0.25) is 0 Å². The third-order valence-corrected chi connectivity index (χ3v) is 6.46. The summed E-state index contributed by atoms with van der Waals surface area (Å²) >= 11 is 1.25. The number of carbonyl (C=O) groups excluding carboxylic acids is 2. The highest BCUT2D eigenvalue weighted by atomic mass is 32.1. The minimum atomic E-state index is -0.479. The highest BCUT2D eigenvalue weighted by molar-refractivity contribution is 7.21. The van der Waals surface area contributed by atoms with Crippen LogP contribution in [0.4, 0.5) is 5.69 Å². The number of methoxy groups -OCH3 is 1. The second kappa shape index (κ2) is 8.93. The fourth-order valence-electron chi connectivity index (χ4n) is 3.90. The van der Waals surface area contributed by atoms with Crippen molar-refractivity contribution in [2.75, 3.05) is 25.5 Å².